The Morgan fingerprint density at radius 2 is 2.55 bits per heavy atom. The predicted octanol–water partition coefficient (Wildman–Crippen LogP) is 0.908. The fraction of sp³-hybridized carbons (Fsp3) is 0.375. The molecule has 3 heteroatoms. The molecule has 0 fully saturated rings. The second-order valence-electron chi connectivity index (χ2n) is 2.50. The van der Waals surface area contributed by atoms with Crippen molar-refractivity contribution >= 4 is 5.57 Å². The third kappa shape index (κ3) is 1.91. The molecule has 1 rings (SSSR count). The number of hydrogen-bond acceptors (Lipinski definition) is 2. The van der Waals surface area contributed by atoms with Crippen LogP contribution in [0.5, 0.6) is 0 Å². The van der Waals surface area contributed by atoms with E-state index < -0.39 is 0 Å². The summed E-state index contributed by atoms with van der Waals surface area (Å²) in [4.78, 5) is 0. The van der Waals surface area contributed by atoms with Gasteiger partial charge in [0.15, 0.2) is 0 Å². The zero-order valence-corrected chi connectivity index (χ0v) is 6.62. The van der Waals surface area contributed by atoms with Crippen LogP contribution in [0.2, 0.25) is 0 Å². The SMILES string of the molecule is C=C(C)c1cnn(CCO)c1. The van der Waals surface area contributed by atoms with E-state index in [0.29, 0.717) is 6.54 Å². The first-order chi connectivity index (χ1) is 5.24. The highest BCUT2D eigenvalue weighted by molar-refractivity contribution is 5.59. The highest BCUT2D eigenvalue weighted by Gasteiger charge is 1.96. The molecule has 1 aromatic heterocycles. The van der Waals surface area contributed by atoms with Gasteiger partial charge in [-0.2, -0.15) is 5.10 Å². The van der Waals surface area contributed by atoms with Gasteiger partial charge >= 0.3 is 0 Å². The molecule has 0 unspecified atom stereocenters. The van der Waals surface area contributed by atoms with Gasteiger partial charge in [-0.15, -0.1) is 0 Å². The van der Waals surface area contributed by atoms with Crippen LogP contribution in [0.1, 0.15) is 12.5 Å². The summed E-state index contributed by atoms with van der Waals surface area (Å²) in [5.41, 5.74) is 2.02. The maximum atomic E-state index is 8.58. The Bertz CT molecular complexity index is 252. The summed E-state index contributed by atoms with van der Waals surface area (Å²) in [6.45, 7) is 6.39. The van der Waals surface area contributed by atoms with E-state index in [0.717, 1.165) is 11.1 Å². The molecule has 0 atom stereocenters. The first-order valence-electron chi connectivity index (χ1n) is 3.53. The molecule has 11 heavy (non-hydrogen) atoms. The lowest BCUT2D eigenvalue weighted by Crippen LogP contribution is -2.01. The van der Waals surface area contributed by atoms with Gasteiger partial charge in [0, 0.05) is 11.8 Å². The number of nitrogens with zero attached hydrogens (tertiary/aromatic N) is 2. The van der Waals surface area contributed by atoms with Crippen molar-refractivity contribution in [1.29, 1.82) is 0 Å². The molecule has 0 aliphatic heterocycles. The van der Waals surface area contributed by atoms with Gasteiger partial charge in [-0.1, -0.05) is 6.58 Å². The van der Waals surface area contributed by atoms with Crippen LogP contribution in [0.25, 0.3) is 5.57 Å². The zero-order chi connectivity index (χ0) is 8.27. The Hall–Kier alpha value is -1.09. The van der Waals surface area contributed by atoms with Gasteiger partial charge in [-0.05, 0) is 12.5 Å². The maximum Gasteiger partial charge on any atom is 0.0641 e. The minimum Gasteiger partial charge on any atom is -0.394 e. The first-order valence-corrected chi connectivity index (χ1v) is 3.53. The van der Waals surface area contributed by atoms with Gasteiger partial charge in [0.25, 0.3) is 0 Å². The minimum atomic E-state index is 0.122. The summed E-state index contributed by atoms with van der Waals surface area (Å²) in [5, 5.41) is 12.6. The Kier molecular flexibility index (Phi) is 2.44. The van der Waals surface area contributed by atoms with E-state index in [4.69, 9.17) is 5.11 Å². The number of aromatic nitrogens is 2. The Balaban J connectivity index is 2.73. The van der Waals surface area contributed by atoms with Gasteiger partial charge in [0.2, 0.25) is 0 Å². The lowest BCUT2D eigenvalue weighted by atomic mass is 10.2. The van der Waals surface area contributed by atoms with E-state index in [1.165, 1.54) is 0 Å². The number of hydrogen-bond donors (Lipinski definition) is 1. The van der Waals surface area contributed by atoms with Crippen molar-refractivity contribution < 1.29 is 5.11 Å². The largest absolute Gasteiger partial charge is 0.394 e. The molecular weight excluding hydrogens is 140 g/mol. The van der Waals surface area contributed by atoms with Gasteiger partial charge in [-0.25, -0.2) is 0 Å². The van der Waals surface area contributed by atoms with Crippen LogP contribution in [0.15, 0.2) is 19.0 Å². The molecule has 0 bridgehead atoms. The van der Waals surface area contributed by atoms with Crippen molar-refractivity contribution in [2.45, 2.75) is 13.5 Å². The summed E-state index contributed by atoms with van der Waals surface area (Å²) in [7, 11) is 0. The third-order valence-corrected chi connectivity index (χ3v) is 1.46. The smallest absolute Gasteiger partial charge is 0.0641 e. The molecule has 0 spiro atoms. The Morgan fingerprint density at radius 1 is 1.82 bits per heavy atom. The van der Waals surface area contributed by atoms with Gasteiger partial charge < -0.3 is 5.11 Å². The van der Waals surface area contributed by atoms with E-state index >= 15 is 0 Å². The van der Waals surface area contributed by atoms with Gasteiger partial charge in [-0.3, -0.25) is 4.68 Å². The van der Waals surface area contributed by atoms with Crippen LogP contribution in [0.3, 0.4) is 0 Å². The topological polar surface area (TPSA) is 38.0 Å². The number of aliphatic hydroxyl groups excluding tert-OH is 1. The van der Waals surface area contributed by atoms with Crippen molar-refractivity contribution in [2.24, 2.45) is 0 Å². The van der Waals surface area contributed by atoms with Crippen molar-refractivity contribution in [3.63, 3.8) is 0 Å². The second-order valence-corrected chi connectivity index (χ2v) is 2.50. The molecule has 60 valence electrons. The van der Waals surface area contributed by atoms with Crippen molar-refractivity contribution in [3.05, 3.63) is 24.5 Å². The van der Waals surface area contributed by atoms with Crippen molar-refractivity contribution in [1.82, 2.24) is 9.78 Å². The van der Waals surface area contributed by atoms with E-state index in [1.54, 1.807) is 10.9 Å². The molecule has 1 aromatic rings. The van der Waals surface area contributed by atoms with Crippen LogP contribution in [-0.2, 0) is 6.54 Å². The Morgan fingerprint density at radius 3 is 3.00 bits per heavy atom. The van der Waals surface area contributed by atoms with E-state index in [1.807, 2.05) is 13.1 Å². The van der Waals surface area contributed by atoms with Crippen molar-refractivity contribution in [2.75, 3.05) is 6.61 Å². The lowest BCUT2D eigenvalue weighted by Gasteiger charge is -1.94. The average molecular weight is 152 g/mol. The summed E-state index contributed by atoms with van der Waals surface area (Å²) < 4.78 is 1.70. The molecule has 0 aromatic carbocycles. The molecule has 0 aliphatic rings. The number of allylic oxidation sites excluding steroid dienone is 1. The molecule has 0 radical (unpaired) electrons. The molecule has 0 saturated heterocycles. The van der Waals surface area contributed by atoms with E-state index in [2.05, 4.69) is 11.7 Å². The maximum absolute atomic E-state index is 8.58. The van der Waals surface area contributed by atoms with Gasteiger partial charge in [0.05, 0.1) is 19.3 Å². The molecular formula is C8H12N2O. The minimum absolute atomic E-state index is 0.122. The monoisotopic (exact) mass is 152 g/mol. The molecule has 0 saturated carbocycles. The summed E-state index contributed by atoms with van der Waals surface area (Å²) >= 11 is 0. The molecule has 3 nitrogen and oxygen atoms in total. The van der Waals surface area contributed by atoms with Crippen LogP contribution in [0, 0.1) is 0 Å². The van der Waals surface area contributed by atoms with E-state index in [-0.39, 0.29) is 6.61 Å². The van der Waals surface area contributed by atoms with Crippen molar-refractivity contribution in [3.8, 4) is 0 Å². The van der Waals surface area contributed by atoms with E-state index in [9.17, 15) is 0 Å². The third-order valence-electron chi connectivity index (χ3n) is 1.46. The standard InChI is InChI=1S/C8H12N2O/c1-7(2)8-5-9-10(6-8)3-4-11/h5-6,11H,1,3-4H2,2H3. The van der Waals surface area contributed by atoms with Crippen LogP contribution >= 0.6 is 0 Å². The lowest BCUT2D eigenvalue weighted by molar-refractivity contribution is 0.269. The predicted molar refractivity (Wildman–Crippen MR) is 44.0 cm³/mol. The highest BCUT2D eigenvalue weighted by atomic mass is 16.3. The molecule has 1 N–H and O–H groups in total. The fourth-order valence-electron chi connectivity index (χ4n) is 0.809. The quantitative estimate of drug-likeness (QED) is 0.699. The first kappa shape index (κ1) is 8.01. The van der Waals surface area contributed by atoms with Gasteiger partial charge in [0.1, 0.15) is 0 Å². The molecule has 0 aliphatic carbocycles. The van der Waals surface area contributed by atoms with Crippen LogP contribution < -0.4 is 0 Å². The summed E-state index contributed by atoms with van der Waals surface area (Å²) in [5.74, 6) is 0. The molecule has 1 heterocycles. The summed E-state index contributed by atoms with van der Waals surface area (Å²) in [6, 6.07) is 0. The average Bonchev–Trinajstić information content (AvgIpc) is 2.37. The number of rotatable bonds is 3. The number of aliphatic hydroxyl groups is 1. The van der Waals surface area contributed by atoms with Crippen LogP contribution in [0.4, 0.5) is 0 Å². The fourth-order valence-corrected chi connectivity index (χ4v) is 0.809. The Labute approximate surface area is 66.0 Å². The van der Waals surface area contributed by atoms with Crippen LogP contribution in [-0.4, -0.2) is 21.5 Å². The zero-order valence-electron chi connectivity index (χ0n) is 6.62. The normalized spacial score (nSPS) is 10.0. The molecule has 0 amide bonds. The second kappa shape index (κ2) is 3.34. The summed E-state index contributed by atoms with van der Waals surface area (Å²) in [6.07, 6.45) is 3.62. The highest BCUT2D eigenvalue weighted by Crippen LogP contribution is 2.08.